The second-order valence-corrected chi connectivity index (χ2v) is 4.69. The quantitative estimate of drug-likeness (QED) is 0.640. The first-order valence-corrected chi connectivity index (χ1v) is 6.02. The van der Waals surface area contributed by atoms with E-state index in [4.69, 9.17) is 5.73 Å². The van der Waals surface area contributed by atoms with Crippen LogP contribution in [0.1, 0.15) is 25.7 Å². The summed E-state index contributed by atoms with van der Waals surface area (Å²) < 4.78 is 13.6. The van der Waals surface area contributed by atoms with Crippen LogP contribution in [0.25, 0.3) is 0 Å². The number of anilines is 1. The van der Waals surface area contributed by atoms with E-state index in [2.05, 4.69) is 5.32 Å². The first-order valence-electron chi connectivity index (χ1n) is 6.02. The number of halogens is 1. The minimum Gasteiger partial charge on any atom is -0.380 e. The van der Waals surface area contributed by atoms with Gasteiger partial charge in [-0.15, -0.1) is 0 Å². The Kier molecular flexibility index (Phi) is 3.76. The normalized spacial score (nSPS) is 23.7. The summed E-state index contributed by atoms with van der Waals surface area (Å²) in [6.45, 7) is 0. The number of nitrogens with zero attached hydrogens (tertiary/aromatic N) is 1. The Morgan fingerprint density at radius 3 is 2.89 bits per heavy atom. The Hall–Kier alpha value is -1.69. The van der Waals surface area contributed by atoms with Crippen molar-refractivity contribution in [3.05, 3.63) is 34.1 Å². The third kappa shape index (κ3) is 2.95. The van der Waals surface area contributed by atoms with Crippen LogP contribution in [0.2, 0.25) is 0 Å². The highest BCUT2D eigenvalue weighted by atomic mass is 19.1. The Bertz CT molecular complexity index is 453. The lowest BCUT2D eigenvalue weighted by Crippen LogP contribution is -2.35. The van der Waals surface area contributed by atoms with E-state index in [-0.39, 0.29) is 23.5 Å². The van der Waals surface area contributed by atoms with Gasteiger partial charge < -0.3 is 11.1 Å². The molecule has 1 aliphatic rings. The molecule has 0 heterocycles. The highest BCUT2D eigenvalue weighted by molar-refractivity contribution is 5.52. The summed E-state index contributed by atoms with van der Waals surface area (Å²) >= 11 is 0. The molecule has 0 radical (unpaired) electrons. The molecule has 1 fully saturated rings. The smallest absolute Gasteiger partial charge is 0.271 e. The van der Waals surface area contributed by atoms with E-state index in [0.717, 1.165) is 37.8 Å². The van der Waals surface area contributed by atoms with Crippen molar-refractivity contribution in [2.75, 3.05) is 5.32 Å². The molecular weight excluding hydrogens is 237 g/mol. The summed E-state index contributed by atoms with van der Waals surface area (Å²) in [5.41, 5.74) is 5.92. The number of nitro groups is 1. The van der Waals surface area contributed by atoms with Crippen LogP contribution in [0.15, 0.2) is 18.2 Å². The highest BCUT2D eigenvalue weighted by Gasteiger charge is 2.20. The zero-order valence-corrected chi connectivity index (χ0v) is 9.93. The fourth-order valence-corrected chi connectivity index (χ4v) is 2.32. The molecule has 0 aliphatic heterocycles. The molecule has 0 amide bonds. The second-order valence-electron chi connectivity index (χ2n) is 4.69. The van der Waals surface area contributed by atoms with Crippen LogP contribution in [0.3, 0.4) is 0 Å². The molecule has 98 valence electrons. The maximum Gasteiger partial charge on any atom is 0.271 e. The zero-order valence-electron chi connectivity index (χ0n) is 9.93. The van der Waals surface area contributed by atoms with Crippen LogP contribution >= 0.6 is 0 Å². The molecule has 1 saturated carbocycles. The monoisotopic (exact) mass is 253 g/mol. The number of rotatable bonds is 3. The molecule has 0 bridgehead atoms. The highest BCUT2D eigenvalue weighted by Crippen LogP contribution is 2.25. The lowest BCUT2D eigenvalue weighted by Gasteiger charge is -2.28. The van der Waals surface area contributed by atoms with Crippen molar-refractivity contribution in [2.45, 2.75) is 37.8 Å². The Labute approximate surface area is 104 Å². The van der Waals surface area contributed by atoms with Gasteiger partial charge in [-0.1, -0.05) is 0 Å². The lowest BCUT2D eigenvalue weighted by atomic mass is 9.91. The van der Waals surface area contributed by atoms with Gasteiger partial charge in [-0.05, 0) is 31.7 Å². The Morgan fingerprint density at radius 2 is 2.22 bits per heavy atom. The maximum absolute atomic E-state index is 13.6. The molecule has 1 aliphatic carbocycles. The molecular formula is C12H16FN3O2. The van der Waals surface area contributed by atoms with Crippen molar-refractivity contribution in [3.63, 3.8) is 0 Å². The molecule has 2 atom stereocenters. The van der Waals surface area contributed by atoms with E-state index in [1.165, 1.54) is 6.07 Å². The van der Waals surface area contributed by atoms with Crippen molar-refractivity contribution in [1.29, 1.82) is 0 Å². The lowest BCUT2D eigenvalue weighted by molar-refractivity contribution is -0.384. The van der Waals surface area contributed by atoms with E-state index < -0.39 is 10.7 Å². The van der Waals surface area contributed by atoms with Gasteiger partial charge in [-0.25, -0.2) is 4.39 Å². The van der Waals surface area contributed by atoms with Crippen molar-refractivity contribution in [2.24, 2.45) is 5.73 Å². The Balaban J connectivity index is 2.12. The number of nitrogens with two attached hydrogens (primary N) is 1. The molecule has 3 N–H and O–H groups in total. The van der Waals surface area contributed by atoms with Gasteiger partial charge in [-0.3, -0.25) is 10.1 Å². The predicted molar refractivity (Wildman–Crippen MR) is 66.9 cm³/mol. The van der Waals surface area contributed by atoms with Crippen LogP contribution < -0.4 is 11.1 Å². The van der Waals surface area contributed by atoms with Gasteiger partial charge >= 0.3 is 0 Å². The molecule has 0 spiro atoms. The van der Waals surface area contributed by atoms with Crippen molar-refractivity contribution in [3.8, 4) is 0 Å². The minimum atomic E-state index is -0.531. The average Bonchev–Trinajstić information content (AvgIpc) is 2.31. The average molecular weight is 253 g/mol. The summed E-state index contributed by atoms with van der Waals surface area (Å²) in [7, 11) is 0. The summed E-state index contributed by atoms with van der Waals surface area (Å²) in [6, 6.07) is 3.72. The van der Waals surface area contributed by atoms with Gasteiger partial charge in [0.05, 0.1) is 10.6 Å². The van der Waals surface area contributed by atoms with Crippen molar-refractivity contribution in [1.82, 2.24) is 0 Å². The summed E-state index contributed by atoms with van der Waals surface area (Å²) in [5, 5.41) is 13.7. The van der Waals surface area contributed by atoms with E-state index in [9.17, 15) is 14.5 Å². The van der Waals surface area contributed by atoms with E-state index in [0.29, 0.717) is 0 Å². The summed E-state index contributed by atoms with van der Waals surface area (Å²) in [5.74, 6) is -0.472. The fraction of sp³-hybridized carbons (Fsp3) is 0.500. The number of hydrogen-bond donors (Lipinski definition) is 2. The van der Waals surface area contributed by atoms with E-state index in [1.54, 1.807) is 0 Å². The van der Waals surface area contributed by atoms with Crippen LogP contribution in [-0.2, 0) is 0 Å². The largest absolute Gasteiger partial charge is 0.380 e. The van der Waals surface area contributed by atoms with Crippen LogP contribution in [-0.4, -0.2) is 17.0 Å². The minimum absolute atomic E-state index is 0.0882. The van der Waals surface area contributed by atoms with Crippen LogP contribution in [0.5, 0.6) is 0 Å². The first-order chi connectivity index (χ1) is 8.56. The molecule has 1 aromatic carbocycles. The third-order valence-corrected chi connectivity index (χ3v) is 3.24. The van der Waals surface area contributed by atoms with Crippen LogP contribution in [0.4, 0.5) is 15.8 Å². The molecule has 6 heteroatoms. The number of nitro benzene ring substituents is 1. The zero-order chi connectivity index (χ0) is 13.1. The van der Waals surface area contributed by atoms with Gasteiger partial charge in [-0.2, -0.15) is 0 Å². The SMILES string of the molecule is NC1CCCC(Nc2cc([N+](=O)[O-])ccc2F)C1. The van der Waals surface area contributed by atoms with Gasteiger partial charge in [0.2, 0.25) is 0 Å². The number of benzene rings is 1. The van der Waals surface area contributed by atoms with Crippen molar-refractivity contribution >= 4 is 11.4 Å². The standard InChI is InChI=1S/C12H16FN3O2/c13-11-5-4-10(16(17)18)7-12(11)15-9-3-1-2-8(14)6-9/h4-5,7-9,15H,1-3,6,14H2. The molecule has 2 rings (SSSR count). The molecule has 0 saturated heterocycles. The fourth-order valence-electron chi connectivity index (χ4n) is 2.32. The topological polar surface area (TPSA) is 81.2 Å². The maximum atomic E-state index is 13.6. The van der Waals surface area contributed by atoms with Crippen molar-refractivity contribution < 1.29 is 9.31 Å². The van der Waals surface area contributed by atoms with Gasteiger partial charge in [0.15, 0.2) is 0 Å². The first kappa shape index (κ1) is 12.8. The molecule has 18 heavy (non-hydrogen) atoms. The summed E-state index contributed by atoms with van der Waals surface area (Å²) in [4.78, 5) is 10.1. The summed E-state index contributed by atoms with van der Waals surface area (Å²) in [6.07, 6.45) is 3.66. The molecule has 0 aromatic heterocycles. The van der Waals surface area contributed by atoms with Gasteiger partial charge in [0.1, 0.15) is 5.82 Å². The van der Waals surface area contributed by atoms with Gasteiger partial charge in [0.25, 0.3) is 5.69 Å². The number of non-ortho nitro benzene ring substituents is 1. The van der Waals surface area contributed by atoms with E-state index in [1.807, 2.05) is 0 Å². The number of nitrogens with one attached hydrogen (secondary N) is 1. The van der Waals surface area contributed by atoms with Crippen LogP contribution in [0, 0.1) is 15.9 Å². The predicted octanol–water partition coefficient (Wildman–Crippen LogP) is 2.42. The van der Waals surface area contributed by atoms with E-state index >= 15 is 0 Å². The van der Waals surface area contributed by atoms with Gasteiger partial charge in [0, 0.05) is 24.2 Å². The molecule has 5 nitrogen and oxygen atoms in total. The second kappa shape index (κ2) is 5.30. The Morgan fingerprint density at radius 1 is 1.44 bits per heavy atom. The number of hydrogen-bond acceptors (Lipinski definition) is 4. The molecule has 2 unspecified atom stereocenters. The molecule has 1 aromatic rings. The third-order valence-electron chi connectivity index (χ3n) is 3.24.